The second kappa shape index (κ2) is 11.5. The maximum absolute atomic E-state index is 5.34. The summed E-state index contributed by atoms with van der Waals surface area (Å²) in [5.74, 6) is 1.29. The van der Waals surface area contributed by atoms with Crippen LogP contribution in [0.4, 0.5) is 0 Å². The highest BCUT2D eigenvalue weighted by Crippen LogP contribution is 2.18. The Balaban J connectivity index is 0.00000288. The van der Waals surface area contributed by atoms with Crippen LogP contribution in [0, 0.1) is 0 Å². The molecule has 2 rings (SSSR count). The van der Waals surface area contributed by atoms with Crippen molar-refractivity contribution in [3.05, 3.63) is 47.5 Å². The third kappa shape index (κ3) is 6.81. The quantitative estimate of drug-likeness (QED) is 0.305. The van der Waals surface area contributed by atoms with E-state index in [1.807, 2.05) is 7.05 Å². The number of nitrogens with one attached hydrogen (secondary N) is 2. The molecule has 1 heterocycles. The summed E-state index contributed by atoms with van der Waals surface area (Å²) >= 11 is 0. The van der Waals surface area contributed by atoms with Crippen LogP contribution in [-0.4, -0.2) is 38.8 Å². The van der Waals surface area contributed by atoms with Gasteiger partial charge in [-0.3, -0.25) is 4.99 Å². The molecule has 0 aromatic heterocycles. The van der Waals surface area contributed by atoms with Crippen LogP contribution in [0.5, 0.6) is 0 Å². The molecule has 134 valence electrons. The Bertz CT molecular complexity index is 531. The van der Waals surface area contributed by atoms with Crippen molar-refractivity contribution in [3.63, 3.8) is 0 Å². The van der Waals surface area contributed by atoms with Crippen molar-refractivity contribution < 1.29 is 4.74 Å². The molecule has 0 aliphatic carbocycles. The van der Waals surface area contributed by atoms with Gasteiger partial charge < -0.3 is 15.4 Å². The average Bonchev–Trinajstić information content (AvgIpc) is 2.61. The first-order valence-corrected chi connectivity index (χ1v) is 8.48. The summed E-state index contributed by atoms with van der Waals surface area (Å²) in [5, 5.41) is 6.91. The highest BCUT2D eigenvalue weighted by Gasteiger charge is 2.15. The van der Waals surface area contributed by atoms with E-state index in [-0.39, 0.29) is 24.0 Å². The van der Waals surface area contributed by atoms with E-state index in [2.05, 4.69) is 65.9 Å². The standard InChI is InChI=1S/C19H29N3O.HI/c1-15(18-7-5-4-6-8-18)16(2)22-19(20-3)21-12-9-17-10-13-23-14-11-17;/h4-8,10,15-16H,9,11-14H2,1-3H3,(H2,20,21,22);1H. The van der Waals surface area contributed by atoms with Gasteiger partial charge in [0.2, 0.25) is 0 Å². The van der Waals surface area contributed by atoms with Gasteiger partial charge in [0.25, 0.3) is 0 Å². The second-order valence-corrected chi connectivity index (χ2v) is 6.07. The maximum Gasteiger partial charge on any atom is 0.191 e. The third-order valence-electron chi connectivity index (χ3n) is 4.46. The Morgan fingerprint density at radius 3 is 2.62 bits per heavy atom. The zero-order valence-corrected chi connectivity index (χ0v) is 17.2. The van der Waals surface area contributed by atoms with E-state index in [1.165, 1.54) is 11.1 Å². The van der Waals surface area contributed by atoms with Gasteiger partial charge in [-0.1, -0.05) is 48.9 Å². The summed E-state index contributed by atoms with van der Waals surface area (Å²) in [6.07, 6.45) is 4.29. The Hall–Kier alpha value is -1.08. The van der Waals surface area contributed by atoms with E-state index >= 15 is 0 Å². The zero-order valence-electron chi connectivity index (χ0n) is 14.9. The van der Waals surface area contributed by atoms with Crippen molar-refractivity contribution in [3.8, 4) is 0 Å². The van der Waals surface area contributed by atoms with Gasteiger partial charge in [-0.05, 0) is 25.3 Å². The Labute approximate surface area is 163 Å². The molecule has 2 N–H and O–H groups in total. The molecule has 1 aliphatic rings. The Morgan fingerprint density at radius 1 is 1.25 bits per heavy atom. The van der Waals surface area contributed by atoms with Crippen LogP contribution in [0.25, 0.3) is 0 Å². The molecule has 24 heavy (non-hydrogen) atoms. The van der Waals surface area contributed by atoms with E-state index in [0.29, 0.717) is 12.0 Å². The first-order valence-electron chi connectivity index (χ1n) is 8.48. The molecule has 2 atom stereocenters. The van der Waals surface area contributed by atoms with Crippen LogP contribution in [0.15, 0.2) is 47.0 Å². The fraction of sp³-hybridized carbons (Fsp3) is 0.526. The Kier molecular flexibility index (Phi) is 10.0. The van der Waals surface area contributed by atoms with Crippen LogP contribution in [0.3, 0.4) is 0 Å². The summed E-state index contributed by atoms with van der Waals surface area (Å²) < 4.78 is 5.34. The lowest BCUT2D eigenvalue weighted by Crippen LogP contribution is -2.44. The normalized spacial score (nSPS) is 17.3. The van der Waals surface area contributed by atoms with E-state index in [1.54, 1.807) is 0 Å². The molecule has 0 bridgehead atoms. The van der Waals surface area contributed by atoms with Gasteiger partial charge in [-0.2, -0.15) is 0 Å². The van der Waals surface area contributed by atoms with Crippen LogP contribution in [-0.2, 0) is 4.74 Å². The number of aliphatic imine (C=N–C) groups is 1. The van der Waals surface area contributed by atoms with Crippen molar-refractivity contribution in [2.45, 2.75) is 38.6 Å². The summed E-state index contributed by atoms with van der Waals surface area (Å²) in [4.78, 5) is 4.34. The highest BCUT2D eigenvalue weighted by atomic mass is 127. The average molecular weight is 443 g/mol. The number of guanidine groups is 1. The zero-order chi connectivity index (χ0) is 16.5. The molecule has 1 aliphatic heterocycles. The lowest BCUT2D eigenvalue weighted by molar-refractivity contribution is 0.153. The van der Waals surface area contributed by atoms with E-state index in [9.17, 15) is 0 Å². The number of nitrogens with zero attached hydrogens (tertiary/aromatic N) is 1. The van der Waals surface area contributed by atoms with E-state index < -0.39 is 0 Å². The number of ether oxygens (including phenoxy) is 1. The molecule has 0 saturated carbocycles. The lowest BCUT2D eigenvalue weighted by atomic mass is 9.94. The largest absolute Gasteiger partial charge is 0.377 e. The van der Waals surface area contributed by atoms with Gasteiger partial charge in [0.05, 0.1) is 13.2 Å². The van der Waals surface area contributed by atoms with Gasteiger partial charge in [0.15, 0.2) is 5.96 Å². The van der Waals surface area contributed by atoms with Crippen LogP contribution in [0.1, 0.15) is 38.2 Å². The molecule has 0 spiro atoms. The topological polar surface area (TPSA) is 45.7 Å². The fourth-order valence-electron chi connectivity index (χ4n) is 2.71. The molecular formula is C19H30IN3O. The maximum atomic E-state index is 5.34. The molecule has 0 amide bonds. The molecule has 4 nitrogen and oxygen atoms in total. The lowest BCUT2D eigenvalue weighted by Gasteiger charge is -2.24. The number of hydrogen-bond donors (Lipinski definition) is 2. The Morgan fingerprint density at radius 2 is 2.00 bits per heavy atom. The number of benzene rings is 1. The minimum atomic E-state index is 0. The van der Waals surface area contributed by atoms with E-state index in [4.69, 9.17) is 4.74 Å². The van der Waals surface area contributed by atoms with Gasteiger partial charge in [0.1, 0.15) is 0 Å². The van der Waals surface area contributed by atoms with Crippen molar-refractivity contribution in [1.29, 1.82) is 0 Å². The molecule has 1 aromatic rings. The van der Waals surface area contributed by atoms with Gasteiger partial charge in [0, 0.05) is 25.6 Å². The minimum Gasteiger partial charge on any atom is -0.377 e. The molecule has 0 fully saturated rings. The number of rotatable bonds is 6. The summed E-state index contributed by atoms with van der Waals surface area (Å²) in [7, 11) is 1.82. The first-order chi connectivity index (χ1) is 11.2. The highest BCUT2D eigenvalue weighted by molar-refractivity contribution is 14.0. The molecule has 2 unspecified atom stereocenters. The summed E-state index contributed by atoms with van der Waals surface area (Å²) in [6.45, 7) is 6.95. The van der Waals surface area contributed by atoms with Gasteiger partial charge in [-0.15, -0.1) is 24.0 Å². The van der Waals surface area contributed by atoms with Crippen molar-refractivity contribution >= 4 is 29.9 Å². The molecule has 1 aromatic carbocycles. The number of hydrogen-bond acceptors (Lipinski definition) is 2. The fourth-order valence-corrected chi connectivity index (χ4v) is 2.71. The van der Waals surface area contributed by atoms with Gasteiger partial charge in [-0.25, -0.2) is 0 Å². The number of halogens is 1. The van der Waals surface area contributed by atoms with Crippen molar-refractivity contribution in [1.82, 2.24) is 10.6 Å². The SMILES string of the molecule is CN=C(NCCC1=CCOCC1)NC(C)C(C)c1ccccc1.I. The van der Waals surface area contributed by atoms with Crippen LogP contribution >= 0.6 is 24.0 Å². The predicted octanol–water partition coefficient (Wildman–Crippen LogP) is 3.70. The van der Waals surface area contributed by atoms with Crippen molar-refractivity contribution in [2.75, 3.05) is 26.8 Å². The van der Waals surface area contributed by atoms with Gasteiger partial charge >= 0.3 is 0 Å². The molecule has 0 radical (unpaired) electrons. The summed E-state index contributed by atoms with van der Waals surface area (Å²) in [6, 6.07) is 10.9. The molecular weight excluding hydrogens is 413 g/mol. The second-order valence-electron chi connectivity index (χ2n) is 6.07. The smallest absolute Gasteiger partial charge is 0.191 e. The molecule has 0 saturated heterocycles. The minimum absolute atomic E-state index is 0. The third-order valence-corrected chi connectivity index (χ3v) is 4.46. The van der Waals surface area contributed by atoms with E-state index in [0.717, 1.165) is 38.6 Å². The monoisotopic (exact) mass is 443 g/mol. The predicted molar refractivity (Wildman–Crippen MR) is 112 cm³/mol. The van der Waals surface area contributed by atoms with Crippen molar-refractivity contribution in [2.24, 2.45) is 4.99 Å². The van der Waals surface area contributed by atoms with Crippen LogP contribution in [0.2, 0.25) is 0 Å². The first kappa shape index (κ1) is 21.0. The van der Waals surface area contributed by atoms with Crippen LogP contribution < -0.4 is 10.6 Å². The molecule has 5 heteroatoms. The summed E-state index contributed by atoms with van der Waals surface area (Å²) in [5.41, 5.74) is 2.82.